The van der Waals surface area contributed by atoms with E-state index in [0.717, 1.165) is 18.5 Å². The van der Waals surface area contributed by atoms with E-state index in [4.69, 9.17) is 0 Å². The molecule has 0 bridgehead atoms. The van der Waals surface area contributed by atoms with Gasteiger partial charge in [0.05, 0.1) is 13.3 Å². The van der Waals surface area contributed by atoms with Crippen LogP contribution in [0.15, 0.2) is 23.4 Å². The molecule has 112 valence electrons. The topological polar surface area (TPSA) is 85.4 Å². The van der Waals surface area contributed by atoms with E-state index in [1.807, 2.05) is 0 Å². The van der Waals surface area contributed by atoms with Gasteiger partial charge in [-0.3, -0.25) is 9.78 Å². The maximum atomic E-state index is 13.1. The van der Waals surface area contributed by atoms with Gasteiger partial charge in [-0.25, -0.2) is 12.8 Å². The summed E-state index contributed by atoms with van der Waals surface area (Å²) in [6, 6.07) is 0.832. The highest BCUT2D eigenvalue weighted by atomic mass is 32.2. The molecule has 1 unspecified atom stereocenters. The molecule has 8 heteroatoms. The van der Waals surface area contributed by atoms with Gasteiger partial charge in [0, 0.05) is 6.20 Å². The van der Waals surface area contributed by atoms with Gasteiger partial charge in [-0.2, -0.15) is 4.72 Å². The maximum Gasteiger partial charge on any atom is 0.326 e. The maximum absolute atomic E-state index is 13.1. The Morgan fingerprint density at radius 2 is 2.15 bits per heavy atom. The summed E-state index contributed by atoms with van der Waals surface area (Å²) in [4.78, 5) is 14.9. The van der Waals surface area contributed by atoms with Crippen LogP contribution in [0.2, 0.25) is 0 Å². The van der Waals surface area contributed by atoms with Crippen molar-refractivity contribution in [1.82, 2.24) is 9.71 Å². The molecule has 0 saturated heterocycles. The summed E-state index contributed by atoms with van der Waals surface area (Å²) in [6.07, 6.45) is 2.72. The lowest BCUT2D eigenvalue weighted by atomic mass is 9.98. The third-order valence-corrected chi connectivity index (χ3v) is 4.30. The first-order chi connectivity index (χ1) is 9.25. The van der Waals surface area contributed by atoms with E-state index in [-0.39, 0.29) is 11.3 Å². The van der Waals surface area contributed by atoms with Crippen molar-refractivity contribution in [1.29, 1.82) is 0 Å². The predicted molar refractivity (Wildman–Crippen MR) is 69.8 cm³/mol. The number of carbonyl (C=O) groups is 1. The Balaban J connectivity index is 3.13. The SMILES string of the molecule is CCCC(C)(NS(=O)(=O)c1cncc(F)c1)C(=O)OC. The number of pyridine rings is 1. The molecule has 0 aliphatic heterocycles. The van der Waals surface area contributed by atoms with Crippen LogP contribution in [0.3, 0.4) is 0 Å². The van der Waals surface area contributed by atoms with Gasteiger partial charge in [-0.05, 0) is 19.4 Å². The molecule has 0 aliphatic rings. The number of nitrogens with zero attached hydrogens (tertiary/aromatic N) is 1. The summed E-state index contributed by atoms with van der Waals surface area (Å²) in [7, 11) is -2.90. The zero-order valence-corrected chi connectivity index (χ0v) is 12.3. The first-order valence-corrected chi connectivity index (χ1v) is 7.46. The molecule has 0 radical (unpaired) electrons. The summed E-state index contributed by atoms with van der Waals surface area (Å²) >= 11 is 0. The van der Waals surface area contributed by atoms with Gasteiger partial charge in [0.1, 0.15) is 16.3 Å². The Hall–Kier alpha value is -1.54. The molecule has 0 saturated carbocycles. The van der Waals surface area contributed by atoms with Gasteiger partial charge in [0.25, 0.3) is 0 Å². The van der Waals surface area contributed by atoms with E-state index < -0.39 is 27.3 Å². The molecule has 20 heavy (non-hydrogen) atoms. The number of carbonyl (C=O) groups excluding carboxylic acids is 1. The summed E-state index contributed by atoms with van der Waals surface area (Å²) < 4.78 is 44.3. The van der Waals surface area contributed by atoms with E-state index in [9.17, 15) is 17.6 Å². The monoisotopic (exact) mass is 304 g/mol. The summed E-state index contributed by atoms with van der Waals surface area (Å²) in [6.45, 7) is 3.23. The fourth-order valence-electron chi connectivity index (χ4n) is 1.81. The van der Waals surface area contributed by atoms with Crippen molar-refractivity contribution < 1.29 is 22.3 Å². The smallest absolute Gasteiger partial charge is 0.326 e. The third-order valence-electron chi connectivity index (χ3n) is 2.74. The lowest BCUT2D eigenvalue weighted by Crippen LogP contribution is -2.52. The molecule has 6 nitrogen and oxygen atoms in total. The number of rotatable bonds is 6. The van der Waals surface area contributed by atoms with Gasteiger partial charge in [-0.1, -0.05) is 13.3 Å². The quantitative estimate of drug-likeness (QED) is 0.799. The fraction of sp³-hybridized carbons (Fsp3) is 0.500. The molecular weight excluding hydrogens is 287 g/mol. The zero-order chi connectivity index (χ0) is 15.4. The Morgan fingerprint density at radius 1 is 1.50 bits per heavy atom. The number of esters is 1. The minimum atomic E-state index is -4.07. The number of ether oxygens (including phenoxy) is 1. The highest BCUT2D eigenvalue weighted by molar-refractivity contribution is 7.89. The fourth-order valence-corrected chi connectivity index (χ4v) is 3.18. The van der Waals surface area contributed by atoms with Crippen LogP contribution in [0.5, 0.6) is 0 Å². The first-order valence-electron chi connectivity index (χ1n) is 5.98. The minimum absolute atomic E-state index is 0.252. The van der Waals surface area contributed by atoms with Crippen molar-refractivity contribution in [3.63, 3.8) is 0 Å². The number of hydrogen-bond donors (Lipinski definition) is 1. The molecule has 1 rings (SSSR count). The molecule has 1 aromatic heterocycles. The van der Waals surface area contributed by atoms with Crippen LogP contribution in [0.25, 0.3) is 0 Å². The van der Waals surface area contributed by atoms with Gasteiger partial charge < -0.3 is 4.74 Å². The predicted octanol–water partition coefficient (Wildman–Crippen LogP) is 1.23. The number of halogens is 1. The van der Waals surface area contributed by atoms with Crippen molar-refractivity contribution in [2.24, 2.45) is 0 Å². The normalized spacial score (nSPS) is 14.6. The van der Waals surface area contributed by atoms with Crippen LogP contribution in [0.4, 0.5) is 4.39 Å². The van der Waals surface area contributed by atoms with Crippen LogP contribution < -0.4 is 4.72 Å². The van der Waals surface area contributed by atoms with Crippen molar-refractivity contribution in [3.05, 3.63) is 24.3 Å². The average molecular weight is 304 g/mol. The van der Waals surface area contributed by atoms with E-state index in [2.05, 4.69) is 14.4 Å². The second kappa shape index (κ2) is 6.27. The molecule has 0 aliphatic carbocycles. The van der Waals surface area contributed by atoms with E-state index in [0.29, 0.717) is 6.42 Å². The van der Waals surface area contributed by atoms with E-state index in [1.54, 1.807) is 6.92 Å². The second-order valence-electron chi connectivity index (χ2n) is 4.52. The molecule has 0 amide bonds. The Kier molecular flexibility index (Phi) is 5.18. The second-order valence-corrected chi connectivity index (χ2v) is 6.20. The Bertz CT molecular complexity index is 591. The van der Waals surface area contributed by atoms with Crippen LogP contribution in [-0.4, -0.2) is 32.0 Å². The first kappa shape index (κ1) is 16.5. The van der Waals surface area contributed by atoms with Gasteiger partial charge in [0.15, 0.2) is 0 Å². The summed E-state index contributed by atoms with van der Waals surface area (Å²) in [5, 5.41) is 0. The van der Waals surface area contributed by atoms with Crippen molar-refractivity contribution in [2.45, 2.75) is 37.1 Å². The van der Waals surface area contributed by atoms with Crippen LogP contribution in [0.1, 0.15) is 26.7 Å². The molecular formula is C12H17FN2O4S. The van der Waals surface area contributed by atoms with Crippen molar-refractivity contribution in [3.8, 4) is 0 Å². The van der Waals surface area contributed by atoms with Crippen LogP contribution in [0, 0.1) is 5.82 Å². The number of sulfonamides is 1. The molecule has 1 atom stereocenters. The van der Waals surface area contributed by atoms with E-state index >= 15 is 0 Å². The number of hydrogen-bond acceptors (Lipinski definition) is 5. The van der Waals surface area contributed by atoms with Crippen molar-refractivity contribution >= 4 is 16.0 Å². The Labute approximate surface area is 117 Å². The van der Waals surface area contributed by atoms with Gasteiger partial charge in [0.2, 0.25) is 10.0 Å². The van der Waals surface area contributed by atoms with Gasteiger partial charge >= 0.3 is 5.97 Å². The highest BCUT2D eigenvalue weighted by Gasteiger charge is 2.38. The van der Waals surface area contributed by atoms with Gasteiger partial charge in [-0.15, -0.1) is 0 Å². The molecule has 1 N–H and O–H groups in total. The number of nitrogens with one attached hydrogen (secondary N) is 1. The third kappa shape index (κ3) is 3.73. The Morgan fingerprint density at radius 3 is 2.65 bits per heavy atom. The molecule has 0 spiro atoms. The highest BCUT2D eigenvalue weighted by Crippen LogP contribution is 2.19. The minimum Gasteiger partial charge on any atom is -0.468 e. The summed E-state index contributed by atoms with van der Waals surface area (Å²) in [5.41, 5.74) is -1.41. The molecule has 0 fully saturated rings. The van der Waals surface area contributed by atoms with Crippen LogP contribution in [-0.2, 0) is 19.6 Å². The molecule has 1 heterocycles. The van der Waals surface area contributed by atoms with E-state index in [1.165, 1.54) is 14.0 Å². The van der Waals surface area contributed by atoms with Crippen LogP contribution >= 0.6 is 0 Å². The zero-order valence-electron chi connectivity index (χ0n) is 11.5. The molecule has 0 aromatic carbocycles. The number of methoxy groups -OCH3 is 1. The lowest BCUT2D eigenvalue weighted by Gasteiger charge is -2.27. The summed E-state index contributed by atoms with van der Waals surface area (Å²) in [5.74, 6) is -1.48. The lowest BCUT2D eigenvalue weighted by molar-refractivity contribution is -0.147. The standard InChI is InChI=1S/C12H17FN2O4S/c1-4-5-12(2,11(16)19-3)15-20(17,18)10-6-9(13)7-14-8-10/h6-8,15H,4-5H2,1-3H3. The number of aromatic nitrogens is 1. The molecule has 1 aromatic rings. The largest absolute Gasteiger partial charge is 0.468 e. The average Bonchev–Trinajstić information content (AvgIpc) is 2.37. The van der Waals surface area contributed by atoms with Crippen molar-refractivity contribution in [2.75, 3.05) is 7.11 Å².